The Hall–Kier alpha value is -1.58. The van der Waals surface area contributed by atoms with Crippen LogP contribution < -0.4 is 5.32 Å². The number of carboxylic acid groups (broad SMARTS) is 1. The fraction of sp³-hybridized carbons (Fsp3) is 0.417. The van der Waals surface area contributed by atoms with Crippen molar-refractivity contribution in [1.82, 2.24) is 0 Å². The number of carbonyl (C=O) groups is 1. The maximum atomic E-state index is 13.6. The molecular weight excluding hydrogens is 209 g/mol. The molecule has 86 valence electrons. The third-order valence-corrected chi connectivity index (χ3v) is 2.60. The van der Waals surface area contributed by atoms with Gasteiger partial charge in [0.15, 0.2) is 0 Å². The summed E-state index contributed by atoms with van der Waals surface area (Å²) >= 11 is 0. The van der Waals surface area contributed by atoms with Gasteiger partial charge < -0.3 is 10.4 Å². The first-order chi connectivity index (χ1) is 7.65. The molecule has 0 heterocycles. The van der Waals surface area contributed by atoms with Crippen molar-refractivity contribution in [3.05, 3.63) is 29.6 Å². The minimum Gasteiger partial charge on any atom is -0.481 e. The molecule has 1 fully saturated rings. The number of hydrogen-bond acceptors (Lipinski definition) is 2. The first kappa shape index (κ1) is 10.9. The van der Waals surface area contributed by atoms with E-state index in [4.69, 9.17) is 5.11 Å². The lowest BCUT2D eigenvalue weighted by atomic mass is 10.1. The first-order valence-corrected chi connectivity index (χ1v) is 5.42. The summed E-state index contributed by atoms with van der Waals surface area (Å²) in [7, 11) is 0. The molecular formula is C12H14FNO2. The molecule has 0 aromatic heterocycles. The van der Waals surface area contributed by atoms with Crippen molar-refractivity contribution >= 4 is 11.7 Å². The van der Waals surface area contributed by atoms with Crippen LogP contribution in [0, 0.1) is 5.82 Å². The predicted octanol–water partition coefficient (Wildman–Crippen LogP) is 2.42. The summed E-state index contributed by atoms with van der Waals surface area (Å²) < 4.78 is 13.6. The summed E-state index contributed by atoms with van der Waals surface area (Å²) in [6.45, 7) is 0. The van der Waals surface area contributed by atoms with Crippen LogP contribution in [0.15, 0.2) is 18.2 Å². The number of nitrogens with one attached hydrogen (secondary N) is 1. The van der Waals surface area contributed by atoms with Gasteiger partial charge in [-0.15, -0.1) is 0 Å². The molecule has 3 nitrogen and oxygen atoms in total. The lowest BCUT2D eigenvalue weighted by molar-refractivity contribution is -0.136. The van der Waals surface area contributed by atoms with Gasteiger partial charge in [-0.3, -0.25) is 4.79 Å². The molecule has 0 atom stereocenters. The SMILES string of the molecule is O=C(O)CCc1ccc(NC2CC2)c(F)c1. The monoisotopic (exact) mass is 223 g/mol. The van der Waals surface area contributed by atoms with E-state index < -0.39 is 5.97 Å². The molecule has 0 radical (unpaired) electrons. The Morgan fingerprint density at radius 3 is 2.81 bits per heavy atom. The van der Waals surface area contributed by atoms with Gasteiger partial charge in [0.1, 0.15) is 5.82 Å². The van der Waals surface area contributed by atoms with Gasteiger partial charge in [-0.1, -0.05) is 6.07 Å². The molecule has 1 aliphatic rings. The zero-order chi connectivity index (χ0) is 11.5. The van der Waals surface area contributed by atoms with Gasteiger partial charge in [0.2, 0.25) is 0 Å². The lowest BCUT2D eigenvalue weighted by Gasteiger charge is -2.07. The summed E-state index contributed by atoms with van der Waals surface area (Å²) in [6.07, 6.45) is 2.60. The van der Waals surface area contributed by atoms with E-state index in [0.29, 0.717) is 18.2 Å². The summed E-state index contributed by atoms with van der Waals surface area (Å²) in [5, 5.41) is 11.6. The van der Waals surface area contributed by atoms with Gasteiger partial charge in [-0.25, -0.2) is 4.39 Å². The van der Waals surface area contributed by atoms with Gasteiger partial charge in [-0.05, 0) is 37.0 Å². The second kappa shape index (κ2) is 4.51. The van der Waals surface area contributed by atoms with Crippen molar-refractivity contribution in [2.24, 2.45) is 0 Å². The number of carboxylic acids is 1. The standard InChI is InChI=1S/C12H14FNO2/c13-10-7-8(2-6-12(15)16)1-5-11(10)14-9-3-4-9/h1,5,7,9,14H,2-4,6H2,(H,15,16). The van der Waals surface area contributed by atoms with Gasteiger partial charge in [0.05, 0.1) is 5.69 Å². The molecule has 0 amide bonds. The Morgan fingerprint density at radius 1 is 1.50 bits per heavy atom. The summed E-state index contributed by atoms with van der Waals surface area (Å²) in [5.74, 6) is -1.16. The molecule has 2 rings (SSSR count). The van der Waals surface area contributed by atoms with Crippen LogP contribution in [0.2, 0.25) is 0 Å². The molecule has 4 heteroatoms. The highest BCUT2D eigenvalue weighted by Crippen LogP contribution is 2.26. The highest BCUT2D eigenvalue weighted by Gasteiger charge is 2.21. The smallest absolute Gasteiger partial charge is 0.303 e. The van der Waals surface area contributed by atoms with E-state index in [1.165, 1.54) is 6.07 Å². The molecule has 0 spiro atoms. The summed E-state index contributed by atoms with van der Waals surface area (Å²) in [4.78, 5) is 10.4. The number of aliphatic carboxylic acids is 1. The van der Waals surface area contributed by atoms with Gasteiger partial charge in [-0.2, -0.15) is 0 Å². The Morgan fingerprint density at radius 2 is 2.25 bits per heavy atom. The average molecular weight is 223 g/mol. The molecule has 0 aliphatic heterocycles. The van der Waals surface area contributed by atoms with Gasteiger partial charge in [0, 0.05) is 12.5 Å². The van der Waals surface area contributed by atoms with Gasteiger partial charge in [0.25, 0.3) is 0 Å². The van der Waals surface area contributed by atoms with Crippen LogP contribution in [-0.4, -0.2) is 17.1 Å². The molecule has 2 N–H and O–H groups in total. The maximum Gasteiger partial charge on any atom is 0.303 e. The topological polar surface area (TPSA) is 49.3 Å². The number of halogens is 1. The number of rotatable bonds is 5. The fourth-order valence-electron chi connectivity index (χ4n) is 1.53. The average Bonchev–Trinajstić information content (AvgIpc) is 3.02. The fourth-order valence-corrected chi connectivity index (χ4v) is 1.53. The van der Waals surface area contributed by atoms with Crippen molar-refractivity contribution in [3.63, 3.8) is 0 Å². The zero-order valence-electron chi connectivity index (χ0n) is 8.87. The van der Waals surface area contributed by atoms with Crippen molar-refractivity contribution in [2.75, 3.05) is 5.32 Å². The largest absolute Gasteiger partial charge is 0.481 e. The quantitative estimate of drug-likeness (QED) is 0.806. The Bertz CT molecular complexity index is 402. The van der Waals surface area contributed by atoms with Gasteiger partial charge >= 0.3 is 5.97 Å². The van der Waals surface area contributed by atoms with Crippen molar-refractivity contribution in [2.45, 2.75) is 31.7 Å². The first-order valence-electron chi connectivity index (χ1n) is 5.42. The van der Waals surface area contributed by atoms with E-state index in [1.54, 1.807) is 12.1 Å². The second-order valence-electron chi connectivity index (χ2n) is 4.13. The van der Waals surface area contributed by atoms with E-state index in [2.05, 4.69) is 5.32 Å². The zero-order valence-corrected chi connectivity index (χ0v) is 8.87. The molecule has 0 saturated heterocycles. The predicted molar refractivity (Wildman–Crippen MR) is 59.0 cm³/mol. The molecule has 0 unspecified atom stereocenters. The van der Waals surface area contributed by atoms with Crippen LogP contribution in [0.4, 0.5) is 10.1 Å². The highest BCUT2D eigenvalue weighted by molar-refractivity contribution is 5.67. The van der Waals surface area contributed by atoms with E-state index in [-0.39, 0.29) is 12.2 Å². The van der Waals surface area contributed by atoms with Crippen LogP contribution in [0.3, 0.4) is 0 Å². The lowest BCUT2D eigenvalue weighted by Crippen LogP contribution is -2.04. The molecule has 16 heavy (non-hydrogen) atoms. The van der Waals surface area contributed by atoms with Crippen LogP contribution in [-0.2, 0) is 11.2 Å². The van der Waals surface area contributed by atoms with Crippen molar-refractivity contribution in [1.29, 1.82) is 0 Å². The molecule has 1 aromatic rings. The van der Waals surface area contributed by atoms with Crippen molar-refractivity contribution in [3.8, 4) is 0 Å². The highest BCUT2D eigenvalue weighted by atomic mass is 19.1. The Kier molecular flexibility index (Phi) is 3.08. The molecule has 0 bridgehead atoms. The van der Waals surface area contributed by atoms with E-state index in [0.717, 1.165) is 18.4 Å². The second-order valence-corrected chi connectivity index (χ2v) is 4.13. The Labute approximate surface area is 93.3 Å². The van der Waals surface area contributed by atoms with Crippen LogP contribution >= 0.6 is 0 Å². The van der Waals surface area contributed by atoms with Crippen LogP contribution in [0.5, 0.6) is 0 Å². The minimum absolute atomic E-state index is 0.0365. The van der Waals surface area contributed by atoms with Crippen LogP contribution in [0.25, 0.3) is 0 Å². The number of anilines is 1. The summed E-state index contributed by atoms with van der Waals surface area (Å²) in [6, 6.07) is 5.29. The Balaban J connectivity index is 2.00. The van der Waals surface area contributed by atoms with Crippen LogP contribution in [0.1, 0.15) is 24.8 Å². The maximum absolute atomic E-state index is 13.6. The summed E-state index contributed by atoms with van der Waals surface area (Å²) in [5.41, 5.74) is 1.24. The molecule has 1 saturated carbocycles. The van der Waals surface area contributed by atoms with E-state index in [1.807, 2.05) is 0 Å². The number of aryl methyl sites for hydroxylation is 1. The molecule has 1 aliphatic carbocycles. The number of hydrogen-bond donors (Lipinski definition) is 2. The minimum atomic E-state index is -0.861. The van der Waals surface area contributed by atoms with Crippen molar-refractivity contribution < 1.29 is 14.3 Å². The normalized spacial score (nSPS) is 14.8. The molecule has 1 aromatic carbocycles. The third-order valence-electron chi connectivity index (χ3n) is 2.60. The number of benzene rings is 1. The third kappa shape index (κ3) is 2.95. The van der Waals surface area contributed by atoms with E-state index in [9.17, 15) is 9.18 Å². The van der Waals surface area contributed by atoms with E-state index >= 15 is 0 Å².